The van der Waals surface area contributed by atoms with E-state index in [2.05, 4.69) is 19.9 Å². The van der Waals surface area contributed by atoms with Gasteiger partial charge in [-0.15, -0.1) is 0 Å². The summed E-state index contributed by atoms with van der Waals surface area (Å²) in [6.45, 7) is 5.73. The Bertz CT molecular complexity index is 995. The van der Waals surface area contributed by atoms with Gasteiger partial charge in [-0.2, -0.15) is 0 Å². The Morgan fingerprint density at radius 2 is 2.00 bits per heavy atom. The van der Waals surface area contributed by atoms with Gasteiger partial charge in [0.2, 0.25) is 0 Å². The second-order valence-corrected chi connectivity index (χ2v) is 7.61. The van der Waals surface area contributed by atoms with Crippen LogP contribution in [0, 0.1) is 23.0 Å². The van der Waals surface area contributed by atoms with Crippen molar-refractivity contribution >= 4 is 17.0 Å². The third-order valence-electron chi connectivity index (χ3n) is 4.64. The highest BCUT2D eigenvalue weighted by Gasteiger charge is 2.29. The zero-order valence-corrected chi connectivity index (χ0v) is 15.3. The second-order valence-electron chi connectivity index (χ2n) is 7.61. The van der Waals surface area contributed by atoms with Crippen LogP contribution < -0.4 is 0 Å². The fourth-order valence-electron chi connectivity index (χ4n) is 2.97. The summed E-state index contributed by atoms with van der Waals surface area (Å²) < 4.78 is 27.9. The van der Waals surface area contributed by atoms with Gasteiger partial charge in [0.25, 0.3) is 0 Å². The standard InChI is InChI=1S/C19H20F2N4O2/c1-19(2,3)10(5-16(26)27)4-15-14(21)9-24-18(25-15)13-8-23-17-12(13)6-11(20)7-22-17/h6-10H,4-5H2,1-3H3,(H,22,23)(H,26,27). The summed E-state index contributed by atoms with van der Waals surface area (Å²) in [4.78, 5) is 26.4. The molecule has 8 heteroatoms. The molecule has 1 unspecified atom stereocenters. The number of aromatic amines is 1. The van der Waals surface area contributed by atoms with Crippen LogP contribution in [0.5, 0.6) is 0 Å². The maximum atomic E-state index is 14.3. The van der Waals surface area contributed by atoms with E-state index in [1.807, 2.05) is 20.8 Å². The van der Waals surface area contributed by atoms with Crippen molar-refractivity contribution in [2.75, 3.05) is 0 Å². The summed E-state index contributed by atoms with van der Waals surface area (Å²) in [7, 11) is 0. The van der Waals surface area contributed by atoms with E-state index in [0.717, 1.165) is 12.4 Å². The minimum Gasteiger partial charge on any atom is -0.481 e. The maximum absolute atomic E-state index is 14.3. The summed E-state index contributed by atoms with van der Waals surface area (Å²) >= 11 is 0. The number of hydrogen-bond acceptors (Lipinski definition) is 4. The van der Waals surface area contributed by atoms with Gasteiger partial charge in [0.05, 0.1) is 18.1 Å². The first-order valence-electron chi connectivity index (χ1n) is 8.51. The highest BCUT2D eigenvalue weighted by Crippen LogP contribution is 2.33. The number of rotatable bonds is 5. The van der Waals surface area contributed by atoms with E-state index in [9.17, 15) is 18.7 Å². The molecular weight excluding hydrogens is 354 g/mol. The van der Waals surface area contributed by atoms with E-state index in [1.165, 1.54) is 6.07 Å². The van der Waals surface area contributed by atoms with Crippen LogP contribution in [0.15, 0.2) is 24.7 Å². The maximum Gasteiger partial charge on any atom is 0.303 e. The number of aromatic nitrogens is 4. The molecule has 3 rings (SSSR count). The average molecular weight is 374 g/mol. The van der Waals surface area contributed by atoms with E-state index in [4.69, 9.17) is 0 Å². The fourth-order valence-corrected chi connectivity index (χ4v) is 2.97. The van der Waals surface area contributed by atoms with Crippen molar-refractivity contribution in [3.05, 3.63) is 42.0 Å². The van der Waals surface area contributed by atoms with Gasteiger partial charge < -0.3 is 10.1 Å². The van der Waals surface area contributed by atoms with Gasteiger partial charge in [-0.1, -0.05) is 20.8 Å². The van der Waals surface area contributed by atoms with Crippen molar-refractivity contribution in [2.24, 2.45) is 11.3 Å². The molecule has 3 aromatic heterocycles. The van der Waals surface area contributed by atoms with Crippen LogP contribution in [-0.4, -0.2) is 31.0 Å². The number of nitrogens with one attached hydrogen (secondary N) is 1. The summed E-state index contributed by atoms with van der Waals surface area (Å²) in [5.74, 6) is -2.12. The quantitative estimate of drug-likeness (QED) is 0.705. The third-order valence-corrected chi connectivity index (χ3v) is 4.64. The summed E-state index contributed by atoms with van der Waals surface area (Å²) in [5.41, 5.74) is 0.770. The lowest BCUT2D eigenvalue weighted by Crippen LogP contribution is -2.26. The Labute approximate surface area is 154 Å². The van der Waals surface area contributed by atoms with Crippen LogP contribution in [0.4, 0.5) is 8.78 Å². The number of pyridine rings is 1. The number of halogens is 2. The molecule has 0 amide bonds. The van der Waals surface area contributed by atoms with Gasteiger partial charge in [0.15, 0.2) is 11.6 Å². The van der Waals surface area contributed by atoms with Crippen molar-refractivity contribution in [1.82, 2.24) is 19.9 Å². The molecule has 142 valence electrons. The van der Waals surface area contributed by atoms with Crippen molar-refractivity contribution in [2.45, 2.75) is 33.6 Å². The van der Waals surface area contributed by atoms with Crippen LogP contribution in [0.2, 0.25) is 0 Å². The first kappa shape index (κ1) is 18.9. The number of carboxylic acids is 1. The highest BCUT2D eigenvalue weighted by molar-refractivity contribution is 5.91. The molecule has 0 aliphatic heterocycles. The molecule has 0 aromatic carbocycles. The van der Waals surface area contributed by atoms with E-state index >= 15 is 0 Å². The first-order chi connectivity index (χ1) is 12.6. The predicted molar refractivity (Wildman–Crippen MR) is 95.9 cm³/mol. The SMILES string of the molecule is CC(C)(C)C(CC(=O)O)Cc1nc(-c2c[nH]c3ncc(F)cc23)ncc1F. The molecule has 0 aliphatic carbocycles. The van der Waals surface area contributed by atoms with Crippen molar-refractivity contribution < 1.29 is 18.7 Å². The molecule has 27 heavy (non-hydrogen) atoms. The van der Waals surface area contributed by atoms with Crippen molar-refractivity contribution in [1.29, 1.82) is 0 Å². The molecular formula is C19H20F2N4O2. The smallest absolute Gasteiger partial charge is 0.303 e. The van der Waals surface area contributed by atoms with Gasteiger partial charge in [0.1, 0.15) is 11.5 Å². The predicted octanol–water partition coefficient (Wildman–Crippen LogP) is 3.98. The molecule has 0 saturated carbocycles. The summed E-state index contributed by atoms with van der Waals surface area (Å²) in [5, 5.41) is 9.66. The fraction of sp³-hybridized carbons (Fsp3) is 0.368. The molecule has 0 spiro atoms. The molecule has 1 atom stereocenters. The van der Waals surface area contributed by atoms with E-state index in [-0.39, 0.29) is 35.7 Å². The van der Waals surface area contributed by atoms with Crippen LogP contribution in [-0.2, 0) is 11.2 Å². The van der Waals surface area contributed by atoms with Crippen molar-refractivity contribution in [3.63, 3.8) is 0 Å². The van der Waals surface area contributed by atoms with Crippen LogP contribution in [0.25, 0.3) is 22.4 Å². The second kappa shape index (κ2) is 7.02. The summed E-state index contributed by atoms with van der Waals surface area (Å²) in [6, 6.07) is 1.31. The minimum atomic E-state index is -0.942. The third kappa shape index (κ3) is 4.10. The number of carboxylic acid groups (broad SMARTS) is 1. The molecule has 0 saturated heterocycles. The number of aliphatic carboxylic acids is 1. The summed E-state index contributed by atoms with van der Waals surface area (Å²) in [6.07, 6.45) is 3.81. The van der Waals surface area contributed by atoms with Gasteiger partial charge in [-0.3, -0.25) is 4.79 Å². The number of carbonyl (C=O) groups is 1. The van der Waals surface area contributed by atoms with Gasteiger partial charge in [-0.25, -0.2) is 23.7 Å². The zero-order chi connectivity index (χ0) is 19.8. The topological polar surface area (TPSA) is 91.8 Å². The normalized spacial score (nSPS) is 13.1. The molecule has 6 nitrogen and oxygen atoms in total. The number of hydrogen-bond donors (Lipinski definition) is 2. The van der Waals surface area contributed by atoms with Crippen LogP contribution in [0.1, 0.15) is 32.9 Å². The van der Waals surface area contributed by atoms with Gasteiger partial charge in [0, 0.05) is 23.6 Å². The van der Waals surface area contributed by atoms with Crippen molar-refractivity contribution in [3.8, 4) is 11.4 Å². The Kier molecular flexibility index (Phi) is 4.91. The van der Waals surface area contributed by atoms with Gasteiger partial charge in [-0.05, 0) is 23.8 Å². The Hall–Kier alpha value is -2.90. The molecule has 0 bridgehead atoms. The monoisotopic (exact) mass is 374 g/mol. The van der Waals surface area contributed by atoms with Crippen LogP contribution in [0.3, 0.4) is 0 Å². The average Bonchev–Trinajstić information content (AvgIpc) is 2.98. The molecule has 0 aliphatic rings. The lowest BCUT2D eigenvalue weighted by atomic mass is 9.76. The lowest BCUT2D eigenvalue weighted by molar-refractivity contribution is -0.139. The molecule has 3 heterocycles. The van der Waals surface area contributed by atoms with E-state index < -0.39 is 17.6 Å². The molecule has 2 N–H and O–H groups in total. The molecule has 0 radical (unpaired) electrons. The lowest BCUT2D eigenvalue weighted by Gasteiger charge is -2.29. The van der Waals surface area contributed by atoms with Gasteiger partial charge >= 0.3 is 5.97 Å². The van der Waals surface area contributed by atoms with E-state index in [1.54, 1.807) is 6.20 Å². The minimum absolute atomic E-state index is 0.0928. The Morgan fingerprint density at radius 3 is 2.67 bits per heavy atom. The van der Waals surface area contributed by atoms with Crippen LogP contribution >= 0.6 is 0 Å². The van der Waals surface area contributed by atoms with E-state index in [0.29, 0.717) is 16.6 Å². The Morgan fingerprint density at radius 1 is 1.26 bits per heavy atom. The number of nitrogens with zero attached hydrogens (tertiary/aromatic N) is 3. The number of fused-ring (bicyclic) bond motifs is 1. The number of H-pyrrole nitrogens is 1. The highest BCUT2D eigenvalue weighted by atomic mass is 19.1. The largest absolute Gasteiger partial charge is 0.481 e. The zero-order valence-electron chi connectivity index (χ0n) is 15.3. The first-order valence-corrected chi connectivity index (χ1v) is 8.51. The Balaban J connectivity index is 2.01. The molecule has 0 fully saturated rings. The molecule has 3 aromatic rings.